The first-order valence-corrected chi connectivity index (χ1v) is 12.2. The van der Waals surface area contributed by atoms with Crippen LogP contribution < -0.4 is 10.2 Å². The number of nitrogens with zero attached hydrogens (tertiary/aromatic N) is 2. The van der Waals surface area contributed by atoms with Crippen LogP contribution in [0.4, 0.5) is 11.4 Å². The van der Waals surface area contributed by atoms with Crippen molar-refractivity contribution in [2.45, 2.75) is 51.4 Å². The summed E-state index contributed by atoms with van der Waals surface area (Å²) < 4.78 is 0. The van der Waals surface area contributed by atoms with Crippen LogP contribution in [0.15, 0.2) is 54.6 Å². The van der Waals surface area contributed by atoms with Crippen LogP contribution in [-0.4, -0.2) is 42.9 Å². The lowest BCUT2D eigenvalue weighted by Gasteiger charge is -2.38. The van der Waals surface area contributed by atoms with E-state index < -0.39 is 0 Å². The van der Waals surface area contributed by atoms with Gasteiger partial charge in [-0.05, 0) is 49.1 Å². The first-order chi connectivity index (χ1) is 15.7. The molecule has 1 aliphatic carbocycles. The lowest BCUT2D eigenvalue weighted by Crippen LogP contribution is -2.50. The zero-order chi connectivity index (χ0) is 22.3. The van der Waals surface area contributed by atoms with E-state index in [2.05, 4.69) is 27.2 Å². The number of rotatable bonds is 6. The highest BCUT2D eigenvalue weighted by atomic mass is 16.2. The third-order valence-corrected chi connectivity index (χ3v) is 6.97. The first-order valence-electron chi connectivity index (χ1n) is 12.2. The lowest BCUT2D eigenvalue weighted by molar-refractivity contribution is -0.136. The smallest absolute Gasteiger partial charge is 0.231 e. The van der Waals surface area contributed by atoms with Gasteiger partial charge in [-0.2, -0.15) is 0 Å². The molecule has 4 rings (SSSR count). The topological polar surface area (TPSA) is 52.7 Å². The maximum Gasteiger partial charge on any atom is 0.231 e. The summed E-state index contributed by atoms with van der Waals surface area (Å²) in [6.45, 7) is 5.34. The number of carbonyl (C=O) groups excluding carboxylic acids is 2. The van der Waals surface area contributed by atoms with Crippen molar-refractivity contribution in [3.05, 3.63) is 60.2 Å². The second kappa shape index (κ2) is 10.7. The maximum atomic E-state index is 12.8. The average molecular weight is 434 g/mol. The highest BCUT2D eigenvalue weighted by molar-refractivity contribution is 5.96. The van der Waals surface area contributed by atoms with Gasteiger partial charge >= 0.3 is 0 Å². The molecule has 0 radical (unpaired) electrons. The Kier molecular flexibility index (Phi) is 7.46. The second-order valence-corrected chi connectivity index (χ2v) is 9.05. The molecule has 0 aromatic heterocycles. The Hall–Kier alpha value is -2.82. The third-order valence-electron chi connectivity index (χ3n) is 6.97. The van der Waals surface area contributed by atoms with E-state index in [-0.39, 0.29) is 17.7 Å². The van der Waals surface area contributed by atoms with Gasteiger partial charge in [0.15, 0.2) is 0 Å². The summed E-state index contributed by atoms with van der Waals surface area (Å²) in [6, 6.07) is 18.0. The molecule has 1 heterocycles. The van der Waals surface area contributed by atoms with Gasteiger partial charge in [0.1, 0.15) is 0 Å². The largest absolute Gasteiger partial charge is 0.368 e. The molecule has 5 nitrogen and oxygen atoms in total. The van der Waals surface area contributed by atoms with E-state index in [0.717, 1.165) is 62.4 Å². The van der Waals surface area contributed by atoms with Crippen LogP contribution in [0.1, 0.15) is 56.9 Å². The Labute approximate surface area is 191 Å². The van der Waals surface area contributed by atoms with Crippen molar-refractivity contribution in [1.82, 2.24) is 4.90 Å². The average Bonchev–Trinajstić information content (AvgIpc) is 2.86. The normalized spacial score (nSPS) is 18.3. The van der Waals surface area contributed by atoms with Crippen molar-refractivity contribution in [1.29, 1.82) is 0 Å². The summed E-state index contributed by atoms with van der Waals surface area (Å²) in [4.78, 5) is 30.0. The summed E-state index contributed by atoms with van der Waals surface area (Å²) in [5, 5.41) is 3.07. The van der Waals surface area contributed by atoms with Crippen molar-refractivity contribution in [3.8, 4) is 0 Å². The van der Waals surface area contributed by atoms with Gasteiger partial charge in [0, 0.05) is 43.5 Å². The number of hydrogen-bond acceptors (Lipinski definition) is 3. The van der Waals surface area contributed by atoms with Crippen LogP contribution in [0.5, 0.6) is 0 Å². The van der Waals surface area contributed by atoms with E-state index in [1.165, 1.54) is 19.3 Å². The molecule has 2 fully saturated rings. The van der Waals surface area contributed by atoms with E-state index in [0.29, 0.717) is 5.91 Å². The number of piperazine rings is 1. The number of benzene rings is 2. The van der Waals surface area contributed by atoms with Crippen LogP contribution in [0.3, 0.4) is 0 Å². The summed E-state index contributed by atoms with van der Waals surface area (Å²) in [7, 11) is 0. The standard InChI is InChI=1S/C27H35N3O2/c1-2-25(21-9-5-3-6-10-21)26(31)28-23-13-15-24(16-14-23)29-17-19-30(20-18-29)27(32)22-11-7-4-8-12-22/h3,5-6,9-10,13-16,22,25H,2,4,7-8,11-12,17-20H2,1H3,(H,28,31)/t25-/m1/s1. The monoisotopic (exact) mass is 433 g/mol. The van der Waals surface area contributed by atoms with E-state index in [1.807, 2.05) is 49.4 Å². The fourth-order valence-electron chi connectivity index (χ4n) is 5.04. The number of anilines is 2. The first kappa shape index (κ1) is 22.4. The molecule has 0 bridgehead atoms. The van der Waals surface area contributed by atoms with Crippen molar-refractivity contribution in [3.63, 3.8) is 0 Å². The highest BCUT2D eigenvalue weighted by Gasteiger charge is 2.28. The second-order valence-electron chi connectivity index (χ2n) is 9.05. The molecule has 1 N–H and O–H groups in total. The van der Waals surface area contributed by atoms with Gasteiger partial charge in [-0.3, -0.25) is 9.59 Å². The number of amides is 2. The molecule has 2 aliphatic rings. The Morgan fingerprint density at radius 3 is 2.19 bits per heavy atom. The Bertz CT molecular complexity index is 883. The fourth-order valence-corrected chi connectivity index (χ4v) is 5.04. The third kappa shape index (κ3) is 5.32. The van der Waals surface area contributed by atoms with Crippen molar-refractivity contribution >= 4 is 23.2 Å². The van der Waals surface area contributed by atoms with Gasteiger partial charge < -0.3 is 15.1 Å². The molecule has 2 aromatic rings. The van der Waals surface area contributed by atoms with Gasteiger partial charge in [-0.1, -0.05) is 56.5 Å². The minimum absolute atomic E-state index is 0.0290. The number of hydrogen-bond donors (Lipinski definition) is 1. The molecule has 1 atom stereocenters. The molecule has 0 spiro atoms. The molecule has 2 amide bonds. The van der Waals surface area contributed by atoms with Gasteiger partial charge in [-0.25, -0.2) is 0 Å². The van der Waals surface area contributed by atoms with E-state index in [4.69, 9.17) is 0 Å². The molecule has 5 heteroatoms. The number of nitrogens with one attached hydrogen (secondary N) is 1. The predicted molar refractivity (Wildman–Crippen MR) is 130 cm³/mol. The summed E-state index contributed by atoms with van der Waals surface area (Å²) in [6.07, 6.45) is 6.56. The van der Waals surface area contributed by atoms with Gasteiger partial charge in [0.05, 0.1) is 5.92 Å². The van der Waals surface area contributed by atoms with Crippen molar-refractivity contribution in [2.75, 3.05) is 36.4 Å². The molecule has 2 aromatic carbocycles. The van der Waals surface area contributed by atoms with E-state index in [9.17, 15) is 9.59 Å². The Balaban J connectivity index is 1.30. The lowest BCUT2D eigenvalue weighted by atomic mass is 9.88. The van der Waals surface area contributed by atoms with Gasteiger partial charge in [-0.15, -0.1) is 0 Å². The Morgan fingerprint density at radius 2 is 1.56 bits per heavy atom. The molecule has 170 valence electrons. The van der Waals surface area contributed by atoms with Crippen LogP contribution in [-0.2, 0) is 9.59 Å². The highest BCUT2D eigenvalue weighted by Crippen LogP contribution is 2.27. The summed E-state index contributed by atoms with van der Waals surface area (Å²) in [5.41, 5.74) is 3.01. The van der Waals surface area contributed by atoms with Gasteiger partial charge in [0.2, 0.25) is 11.8 Å². The predicted octanol–water partition coefficient (Wildman–Crippen LogP) is 5.05. The molecular formula is C27H35N3O2. The minimum Gasteiger partial charge on any atom is -0.368 e. The van der Waals surface area contributed by atoms with E-state index >= 15 is 0 Å². The van der Waals surface area contributed by atoms with Crippen molar-refractivity contribution in [2.24, 2.45) is 5.92 Å². The number of carbonyl (C=O) groups is 2. The van der Waals surface area contributed by atoms with Crippen molar-refractivity contribution < 1.29 is 9.59 Å². The zero-order valence-electron chi connectivity index (χ0n) is 19.1. The molecule has 0 unspecified atom stereocenters. The van der Waals surface area contributed by atoms with Crippen LogP contribution >= 0.6 is 0 Å². The maximum absolute atomic E-state index is 12.8. The molecule has 1 saturated heterocycles. The summed E-state index contributed by atoms with van der Waals surface area (Å²) in [5.74, 6) is 0.499. The SMILES string of the molecule is CC[C@@H](C(=O)Nc1ccc(N2CCN(C(=O)C3CCCCC3)CC2)cc1)c1ccccc1. The minimum atomic E-state index is -0.148. The quantitative estimate of drug-likeness (QED) is 0.694. The van der Waals surface area contributed by atoms with Gasteiger partial charge in [0.25, 0.3) is 0 Å². The molecule has 1 aliphatic heterocycles. The summed E-state index contributed by atoms with van der Waals surface area (Å²) >= 11 is 0. The molecular weight excluding hydrogens is 398 g/mol. The van der Waals surface area contributed by atoms with E-state index in [1.54, 1.807) is 0 Å². The Morgan fingerprint density at radius 1 is 0.906 bits per heavy atom. The zero-order valence-corrected chi connectivity index (χ0v) is 19.1. The van der Waals surface area contributed by atoms with Crippen LogP contribution in [0, 0.1) is 5.92 Å². The van der Waals surface area contributed by atoms with Crippen LogP contribution in [0.25, 0.3) is 0 Å². The molecule has 1 saturated carbocycles. The molecule has 32 heavy (non-hydrogen) atoms. The fraction of sp³-hybridized carbons (Fsp3) is 0.481. The van der Waals surface area contributed by atoms with Crippen LogP contribution in [0.2, 0.25) is 0 Å².